The zero-order valence-electron chi connectivity index (χ0n) is 16.1. The van der Waals surface area contributed by atoms with Gasteiger partial charge in [0, 0.05) is 23.4 Å². The molecule has 0 aliphatic heterocycles. The molecule has 0 spiro atoms. The smallest absolute Gasteiger partial charge is 0.275 e. The van der Waals surface area contributed by atoms with E-state index in [1.54, 1.807) is 22.8 Å². The molecule has 0 saturated heterocycles. The van der Waals surface area contributed by atoms with Crippen LogP contribution in [0.1, 0.15) is 5.56 Å². The minimum Gasteiger partial charge on any atom is -0.275 e. The van der Waals surface area contributed by atoms with Crippen LogP contribution >= 0.6 is 0 Å². The molecule has 2 heterocycles. The lowest BCUT2D eigenvalue weighted by Gasteiger charge is -2.11. The van der Waals surface area contributed by atoms with Gasteiger partial charge in [0.1, 0.15) is 5.82 Å². The fourth-order valence-electron chi connectivity index (χ4n) is 3.43. The van der Waals surface area contributed by atoms with Crippen LogP contribution in [0.2, 0.25) is 0 Å². The van der Waals surface area contributed by atoms with Crippen molar-refractivity contribution in [3.63, 3.8) is 0 Å². The van der Waals surface area contributed by atoms with Crippen molar-refractivity contribution in [2.75, 3.05) is 0 Å². The standard InChI is InChI=1S/C22H12F3N5O2/c23-22(24,25)14-7-11-15(12-8-14)29-20(13-5-9-16(10-6-13)30(31)32)28-19-21(29)27-18-4-2-1-3-17(18)26-19/h1-12H. The summed E-state index contributed by atoms with van der Waals surface area (Å²) in [5, 5.41) is 11.0. The molecule has 32 heavy (non-hydrogen) atoms. The van der Waals surface area contributed by atoms with E-state index in [9.17, 15) is 23.3 Å². The van der Waals surface area contributed by atoms with Crippen molar-refractivity contribution in [3.05, 3.63) is 88.5 Å². The highest BCUT2D eigenvalue weighted by Gasteiger charge is 2.30. The lowest BCUT2D eigenvalue weighted by molar-refractivity contribution is -0.384. The van der Waals surface area contributed by atoms with Crippen molar-refractivity contribution in [1.29, 1.82) is 0 Å². The topological polar surface area (TPSA) is 86.7 Å². The Balaban J connectivity index is 1.77. The van der Waals surface area contributed by atoms with Crippen molar-refractivity contribution < 1.29 is 18.1 Å². The van der Waals surface area contributed by atoms with E-state index in [0.29, 0.717) is 39.4 Å². The first kappa shape index (κ1) is 19.6. The summed E-state index contributed by atoms with van der Waals surface area (Å²) < 4.78 is 40.7. The molecular formula is C22H12F3N5O2. The summed E-state index contributed by atoms with van der Waals surface area (Å²) >= 11 is 0. The first-order valence-electron chi connectivity index (χ1n) is 9.39. The number of nitro groups is 1. The molecule has 10 heteroatoms. The van der Waals surface area contributed by atoms with E-state index >= 15 is 0 Å². The summed E-state index contributed by atoms with van der Waals surface area (Å²) in [5.74, 6) is 0.352. The number of fused-ring (bicyclic) bond motifs is 2. The molecule has 2 aromatic heterocycles. The summed E-state index contributed by atoms with van der Waals surface area (Å²) in [7, 11) is 0. The average molecular weight is 435 g/mol. The van der Waals surface area contributed by atoms with Crippen LogP contribution < -0.4 is 0 Å². The van der Waals surface area contributed by atoms with Crippen LogP contribution in [0.4, 0.5) is 18.9 Å². The number of aromatic nitrogens is 4. The molecule has 0 saturated carbocycles. The number of nitrogens with zero attached hydrogens (tertiary/aromatic N) is 5. The van der Waals surface area contributed by atoms with E-state index < -0.39 is 16.7 Å². The van der Waals surface area contributed by atoms with Crippen LogP contribution in [0.3, 0.4) is 0 Å². The van der Waals surface area contributed by atoms with Crippen LogP contribution in [0.5, 0.6) is 0 Å². The zero-order chi connectivity index (χ0) is 22.5. The lowest BCUT2D eigenvalue weighted by Crippen LogP contribution is -2.05. The van der Waals surface area contributed by atoms with E-state index in [1.165, 1.54) is 36.4 Å². The third-order valence-corrected chi connectivity index (χ3v) is 4.96. The van der Waals surface area contributed by atoms with E-state index in [2.05, 4.69) is 15.0 Å². The Morgan fingerprint density at radius 2 is 1.44 bits per heavy atom. The number of imidazole rings is 1. The van der Waals surface area contributed by atoms with E-state index in [-0.39, 0.29) is 5.69 Å². The highest BCUT2D eigenvalue weighted by Crippen LogP contribution is 2.32. The number of para-hydroxylation sites is 2. The Hall–Kier alpha value is -4.34. The maximum atomic E-state index is 13.0. The number of rotatable bonds is 3. The highest BCUT2D eigenvalue weighted by atomic mass is 19.4. The van der Waals surface area contributed by atoms with Gasteiger partial charge in [-0.15, -0.1) is 0 Å². The van der Waals surface area contributed by atoms with Gasteiger partial charge in [-0.05, 0) is 48.5 Å². The molecule has 5 aromatic rings. The summed E-state index contributed by atoms with van der Waals surface area (Å²) in [4.78, 5) is 24.2. The van der Waals surface area contributed by atoms with Crippen LogP contribution in [-0.4, -0.2) is 24.4 Å². The first-order valence-corrected chi connectivity index (χ1v) is 9.39. The fourth-order valence-corrected chi connectivity index (χ4v) is 3.43. The van der Waals surface area contributed by atoms with Gasteiger partial charge in [0.25, 0.3) is 5.69 Å². The monoisotopic (exact) mass is 435 g/mol. The molecule has 158 valence electrons. The highest BCUT2D eigenvalue weighted by molar-refractivity contribution is 5.86. The number of benzene rings is 3. The van der Waals surface area contributed by atoms with Crippen LogP contribution in [0.15, 0.2) is 72.8 Å². The molecule has 0 bridgehead atoms. The summed E-state index contributed by atoms with van der Waals surface area (Å²) in [5.41, 5.74) is 1.94. The Morgan fingerprint density at radius 1 is 0.812 bits per heavy atom. The molecule has 0 fully saturated rings. The quantitative estimate of drug-likeness (QED) is 0.273. The zero-order valence-corrected chi connectivity index (χ0v) is 16.1. The Kier molecular flexibility index (Phi) is 4.36. The number of halogens is 3. The predicted octanol–water partition coefficient (Wildman–Crippen LogP) is 5.56. The third-order valence-electron chi connectivity index (χ3n) is 4.96. The van der Waals surface area contributed by atoms with Gasteiger partial charge >= 0.3 is 6.18 Å². The number of alkyl halides is 3. The van der Waals surface area contributed by atoms with Crippen molar-refractivity contribution in [1.82, 2.24) is 19.5 Å². The van der Waals surface area contributed by atoms with Crippen LogP contribution in [-0.2, 0) is 6.18 Å². The Labute approximate surface area is 178 Å². The Bertz CT molecular complexity index is 1480. The first-order chi connectivity index (χ1) is 15.3. The van der Waals surface area contributed by atoms with Gasteiger partial charge in [0.15, 0.2) is 11.3 Å². The van der Waals surface area contributed by atoms with Gasteiger partial charge in [0.2, 0.25) is 0 Å². The molecule has 3 aromatic carbocycles. The van der Waals surface area contributed by atoms with Gasteiger partial charge in [-0.1, -0.05) is 12.1 Å². The van der Waals surface area contributed by atoms with Crippen LogP contribution in [0, 0.1) is 10.1 Å². The number of hydrogen-bond acceptors (Lipinski definition) is 5. The number of hydrogen-bond donors (Lipinski definition) is 0. The van der Waals surface area contributed by atoms with Crippen LogP contribution in [0.25, 0.3) is 39.4 Å². The maximum absolute atomic E-state index is 13.0. The second-order valence-electron chi connectivity index (χ2n) is 6.98. The molecule has 0 unspecified atom stereocenters. The number of nitro benzene ring substituents is 1. The van der Waals surface area contributed by atoms with Crippen molar-refractivity contribution in [2.24, 2.45) is 0 Å². The molecular weight excluding hydrogens is 423 g/mol. The van der Waals surface area contributed by atoms with Gasteiger partial charge < -0.3 is 0 Å². The fraction of sp³-hybridized carbons (Fsp3) is 0.0455. The van der Waals surface area contributed by atoms with E-state index in [1.807, 2.05) is 6.07 Å². The summed E-state index contributed by atoms with van der Waals surface area (Å²) in [6.45, 7) is 0. The molecule has 0 aliphatic rings. The van der Waals surface area contributed by atoms with Gasteiger partial charge in [0.05, 0.1) is 21.5 Å². The van der Waals surface area contributed by atoms with Gasteiger partial charge in [-0.25, -0.2) is 15.0 Å². The minimum atomic E-state index is -4.47. The Morgan fingerprint density at radius 3 is 2.03 bits per heavy atom. The van der Waals surface area contributed by atoms with Crippen molar-refractivity contribution in [3.8, 4) is 17.1 Å². The van der Waals surface area contributed by atoms with Crippen molar-refractivity contribution >= 4 is 28.0 Å². The molecule has 0 N–H and O–H groups in total. The summed E-state index contributed by atoms with van der Waals surface area (Å²) in [6.07, 6.45) is -4.47. The van der Waals surface area contributed by atoms with Gasteiger partial charge in [-0.3, -0.25) is 14.7 Å². The van der Waals surface area contributed by atoms with E-state index in [0.717, 1.165) is 12.1 Å². The lowest BCUT2D eigenvalue weighted by atomic mass is 10.1. The van der Waals surface area contributed by atoms with Crippen molar-refractivity contribution in [2.45, 2.75) is 6.18 Å². The largest absolute Gasteiger partial charge is 0.416 e. The van der Waals surface area contributed by atoms with E-state index in [4.69, 9.17) is 0 Å². The minimum absolute atomic E-state index is 0.0899. The molecule has 0 aliphatic carbocycles. The SMILES string of the molecule is O=[N+]([O-])c1ccc(-c2nc3nc4ccccc4nc3n2-c2ccc(C(F)(F)F)cc2)cc1. The molecule has 0 radical (unpaired) electrons. The number of non-ortho nitro benzene ring substituents is 1. The molecule has 5 rings (SSSR count). The van der Waals surface area contributed by atoms with Gasteiger partial charge in [-0.2, -0.15) is 13.2 Å². The third kappa shape index (κ3) is 3.31. The summed E-state index contributed by atoms with van der Waals surface area (Å²) in [6, 6.07) is 17.5. The normalized spacial score (nSPS) is 11.8. The maximum Gasteiger partial charge on any atom is 0.416 e. The average Bonchev–Trinajstić information content (AvgIpc) is 3.15. The molecule has 0 amide bonds. The second-order valence-corrected chi connectivity index (χ2v) is 6.98. The second kappa shape index (κ2) is 7.12. The molecule has 7 nitrogen and oxygen atoms in total. The molecule has 0 atom stereocenters. The predicted molar refractivity (Wildman–Crippen MR) is 111 cm³/mol.